The maximum Gasteiger partial charge on any atom is 0.258 e. The lowest BCUT2D eigenvalue weighted by Crippen LogP contribution is -2.13. The number of carbonyl (C=O) groups is 1. The molecule has 1 amide bonds. The van der Waals surface area contributed by atoms with Gasteiger partial charge in [0.2, 0.25) is 4.96 Å². The zero-order valence-corrected chi connectivity index (χ0v) is 16.3. The minimum atomic E-state index is -0.231. The van der Waals surface area contributed by atoms with E-state index in [2.05, 4.69) is 15.4 Å². The number of ether oxygens (including phenoxy) is 1. The second-order valence-corrected chi connectivity index (χ2v) is 7.30. The molecule has 0 fully saturated rings. The highest BCUT2D eigenvalue weighted by molar-refractivity contribution is 7.15. The molecule has 0 radical (unpaired) electrons. The summed E-state index contributed by atoms with van der Waals surface area (Å²) in [5, 5.41) is 11.2. The van der Waals surface area contributed by atoms with Crippen LogP contribution in [-0.4, -0.2) is 27.6 Å². The zero-order valence-electron chi connectivity index (χ0n) is 15.5. The summed E-state index contributed by atoms with van der Waals surface area (Å²) in [4.78, 5) is 18.0. The molecule has 0 spiro atoms. The van der Waals surface area contributed by atoms with E-state index in [4.69, 9.17) is 4.74 Å². The monoisotopic (exact) mass is 400 g/mol. The fraction of sp³-hybridized carbons (Fsp3) is 0.0455. The molecule has 2 heterocycles. The molecule has 0 saturated carbocycles. The van der Waals surface area contributed by atoms with Crippen molar-refractivity contribution in [1.82, 2.24) is 14.6 Å². The number of rotatable bonds is 4. The third kappa shape index (κ3) is 3.11. The van der Waals surface area contributed by atoms with Crippen molar-refractivity contribution in [3.05, 3.63) is 77.7 Å². The first-order valence-corrected chi connectivity index (χ1v) is 9.89. The summed E-state index contributed by atoms with van der Waals surface area (Å²) in [5.74, 6) is 0.845. The van der Waals surface area contributed by atoms with Gasteiger partial charge in [-0.1, -0.05) is 36.4 Å². The maximum atomic E-state index is 12.8. The summed E-state index contributed by atoms with van der Waals surface area (Å²) < 4.78 is 6.96. The predicted octanol–water partition coefficient (Wildman–Crippen LogP) is 4.87. The fourth-order valence-electron chi connectivity index (χ4n) is 3.29. The van der Waals surface area contributed by atoms with E-state index >= 15 is 0 Å². The number of anilines is 1. The van der Waals surface area contributed by atoms with Crippen LogP contribution in [-0.2, 0) is 0 Å². The molecule has 0 bridgehead atoms. The van der Waals surface area contributed by atoms with Gasteiger partial charge in [-0.3, -0.25) is 10.1 Å². The molecule has 5 aromatic rings. The maximum absolute atomic E-state index is 12.8. The minimum Gasteiger partial charge on any atom is -0.497 e. The Kier molecular flexibility index (Phi) is 4.22. The molecule has 0 aliphatic heterocycles. The first kappa shape index (κ1) is 17.4. The molecule has 1 N–H and O–H groups in total. The molecule has 0 saturated heterocycles. The summed E-state index contributed by atoms with van der Waals surface area (Å²) in [6.45, 7) is 0. The molecule has 2 aromatic heterocycles. The molecule has 6 nitrogen and oxygen atoms in total. The number of aromatic nitrogens is 3. The highest BCUT2D eigenvalue weighted by Gasteiger charge is 2.15. The summed E-state index contributed by atoms with van der Waals surface area (Å²) in [6, 6.07) is 21.2. The van der Waals surface area contributed by atoms with Gasteiger partial charge in [-0.25, -0.2) is 4.52 Å². The molecular weight excluding hydrogens is 384 g/mol. The van der Waals surface area contributed by atoms with Crippen LogP contribution in [0, 0.1) is 0 Å². The van der Waals surface area contributed by atoms with Gasteiger partial charge in [0.15, 0.2) is 0 Å². The van der Waals surface area contributed by atoms with Crippen LogP contribution < -0.4 is 10.1 Å². The zero-order chi connectivity index (χ0) is 19.8. The molecule has 0 atom stereocenters. The lowest BCUT2D eigenvalue weighted by atomic mass is 10.0. The van der Waals surface area contributed by atoms with Gasteiger partial charge in [0.25, 0.3) is 11.9 Å². The third-order valence-electron chi connectivity index (χ3n) is 4.73. The Balaban J connectivity index is 1.46. The summed E-state index contributed by atoms with van der Waals surface area (Å²) in [5.41, 5.74) is 2.50. The van der Waals surface area contributed by atoms with Gasteiger partial charge in [-0.2, -0.15) is 4.98 Å². The number of thiazole rings is 1. The van der Waals surface area contributed by atoms with Crippen LogP contribution in [0.25, 0.3) is 27.0 Å². The van der Waals surface area contributed by atoms with E-state index in [1.807, 2.05) is 66.0 Å². The number of hydrogen-bond acceptors (Lipinski definition) is 5. The normalized spacial score (nSPS) is 11.1. The van der Waals surface area contributed by atoms with Crippen molar-refractivity contribution < 1.29 is 9.53 Å². The highest BCUT2D eigenvalue weighted by atomic mass is 32.1. The lowest BCUT2D eigenvalue weighted by molar-refractivity contribution is 0.102. The number of fused-ring (bicyclic) bond motifs is 2. The number of methoxy groups -OCH3 is 1. The molecule has 7 heteroatoms. The molecule has 5 rings (SSSR count). The Morgan fingerprint density at radius 2 is 1.83 bits per heavy atom. The van der Waals surface area contributed by atoms with E-state index in [-0.39, 0.29) is 11.9 Å². The smallest absolute Gasteiger partial charge is 0.258 e. The van der Waals surface area contributed by atoms with Crippen LogP contribution in [0.2, 0.25) is 0 Å². The van der Waals surface area contributed by atoms with E-state index in [1.165, 1.54) is 11.3 Å². The number of nitrogens with zero attached hydrogens (tertiary/aromatic N) is 3. The highest BCUT2D eigenvalue weighted by Crippen LogP contribution is 2.27. The predicted molar refractivity (Wildman–Crippen MR) is 115 cm³/mol. The van der Waals surface area contributed by atoms with Crippen LogP contribution in [0.5, 0.6) is 5.75 Å². The van der Waals surface area contributed by atoms with E-state index < -0.39 is 0 Å². The molecule has 142 valence electrons. The summed E-state index contributed by atoms with van der Waals surface area (Å²) >= 11 is 1.47. The van der Waals surface area contributed by atoms with Crippen molar-refractivity contribution in [1.29, 1.82) is 0 Å². The number of nitrogens with one attached hydrogen (secondary N) is 1. The second kappa shape index (κ2) is 7.03. The van der Waals surface area contributed by atoms with Gasteiger partial charge in [0, 0.05) is 16.5 Å². The van der Waals surface area contributed by atoms with Crippen LogP contribution in [0.1, 0.15) is 10.4 Å². The number of carbonyl (C=O) groups excluding carboxylic acids is 1. The topological polar surface area (TPSA) is 68.5 Å². The van der Waals surface area contributed by atoms with Gasteiger partial charge in [-0.05, 0) is 41.1 Å². The van der Waals surface area contributed by atoms with Crippen molar-refractivity contribution in [3.8, 4) is 17.0 Å². The largest absolute Gasteiger partial charge is 0.497 e. The lowest BCUT2D eigenvalue weighted by Gasteiger charge is -2.05. The van der Waals surface area contributed by atoms with Gasteiger partial charge < -0.3 is 4.74 Å². The van der Waals surface area contributed by atoms with Crippen LogP contribution in [0.3, 0.4) is 0 Å². The standard InChI is InChI=1S/C22H16N4O2S/c1-28-16-11-9-15(10-12-16)19-13-29-22-24-21(25-26(19)22)23-20(27)18-8-4-6-14-5-2-3-7-17(14)18/h2-13H,1H3,(H,23,25,27). The molecule has 29 heavy (non-hydrogen) atoms. The van der Waals surface area contributed by atoms with Crippen molar-refractivity contribution in [2.75, 3.05) is 12.4 Å². The van der Waals surface area contributed by atoms with Crippen LogP contribution in [0.15, 0.2) is 72.1 Å². The molecule has 0 aliphatic carbocycles. The van der Waals surface area contributed by atoms with E-state index in [9.17, 15) is 4.79 Å². The van der Waals surface area contributed by atoms with Gasteiger partial charge in [0.1, 0.15) is 5.75 Å². The first-order valence-electron chi connectivity index (χ1n) is 9.01. The van der Waals surface area contributed by atoms with Crippen molar-refractivity contribution >= 4 is 38.9 Å². The Labute approximate surface area is 170 Å². The summed E-state index contributed by atoms with van der Waals surface area (Å²) in [6.07, 6.45) is 0. The van der Waals surface area contributed by atoms with Gasteiger partial charge >= 0.3 is 0 Å². The summed E-state index contributed by atoms with van der Waals surface area (Å²) in [7, 11) is 1.64. The quantitative estimate of drug-likeness (QED) is 0.467. The van der Waals surface area contributed by atoms with E-state index in [0.717, 1.165) is 27.8 Å². The Bertz CT molecular complexity index is 1330. The molecular formula is C22H16N4O2S. The fourth-order valence-corrected chi connectivity index (χ4v) is 4.12. The average Bonchev–Trinajstić information content (AvgIpc) is 3.33. The number of hydrogen-bond donors (Lipinski definition) is 1. The minimum absolute atomic E-state index is 0.231. The molecule has 0 aliphatic rings. The Morgan fingerprint density at radius 1 is 1.03 bits per heavy atom. The SMILES string of the molecule is COc1ccc(-c2csc3nc(NC(=O)c4cccc5ccccc45)nn23)cc1. The number of benzene rings is 3. The first-order chi connectivity index (χ1) is 14.2. The van der Waals surface area contributed by atoms with Crippen molar-refractivity contribution in [2.45, 2.75) is 0 Å². The van der Waals surface area contributed by atoms with Crippen molar-refractivity contribution in [3.63, 3.8) is 0 Å². The van der Waals surface area contributed by atoms with E-state index in [1.54, 1.807) is 17.7 Å². The molecule has 0 unspecified atom stereocenters. The molecule has 3 aromatic carbocycles. The number of amides is 1. The van der Waals surface area contributed by atoms with Crippen LogP contribution in [0.4, 0.5) is 5.95 Å². The van der Waals surface area contributed by atoms with Gasteiger partial charge in [-0.15, -0.1) is 16.4 Å². The van der Waals surface area contributed by atoms with E-state index in [0.29, 0.717) is 10.5 Å². The van der Waals surface area contributed by atoms with Crippen molar-refractivity contribution in [2.24, 2.45) is 0 Å². The second-order valence-electron chi connectivity index (χ2n) is 6.46. The Morgan fingerprint density at radius 3 is 2.66 bits per heavy atom. The average molecular weight is 400 g/mol. The van der Waals surface area contributed by atoms with Crippen LogP contribution >= 0.6 is 11.3 Å². The van der Waals surface area contributed by atoms with Gasteiger partial charge in [0.05, 0.1) is 12.8 Å². The Hall–Kier alpha value is -3.71. The third-order valence-corrected chi connectivity index (χ3v) is 5.54.